The van der Waals surface area contributed by atoms with Crippen LogP contribution in [0, 0.1) is 29.9 Å². The number of rotatable bonds is 10. The Kier molecular flexibility index (Phi) is 12.2. The third-order valence-corrected chi connectivity index (χ3v) is 14.0. The first-order valence-corrected chi connectivity index (χ1v) is 24.1. The normalized spacial score (nSPS) is 14.1. The number of hydrogen-bond acceptors (Lipinski definition) is 13. The molecule has 0 bridgehead atoms. The minimum atomic E-state index is -0.771. The maximum absolute atomic E-state index is 17.2. The highest BCUT2D eigenvalue weighted by atomic mass is 35.5. The van der Waals surface area contributed by atoms with Crippen LogP contribution in [0.15, 0.2) is 104 Å². The van der Waals surface area contributed by atoms with Crippen LogP contribution in [-0.2, 0) is 16.1 Å². The van der Waals surface area contributed by atoms with Gasteiger partial charge in [0.2, 0.25) is 11.7 Å². The Morgan fingerprint density at radius 2 is 1.47 bits per heavy atom. The molecule has 2 amide bonds. The van der Waals surface area contributed by atoms with E-state index in [2.05, 4.69) is 43.4 Å². The van der Waals surface area contributed by atoms with Gasteiger partial charge in [-0.05, 0) is 65.2 Å². The molecule has 2 aliphatic rings. The minimum absolute atomic E-state index is 0.00794. The van der Waals surface area contributed by atoms with Gasteiger partial charge < -0.3 is 29.4 Å². The van der Waals surface area contributed by atoms with Gasteiger partial charge in [-0.3, -0.25) is 19.4 Å². The summed E-state index contributed by atoms with van der Waals surface area (Å²) in [4.78, 5) is 51.4. The second-order valence-electron chi connectivity index (χ2n) is 17.9. The van der Waals surface area contributed by atoms with E-state index in [1.807, 2.05) is 41.0 Å². The zero-order chi connectivity index (χ0) is 51.5. The van der Waals surface area contributed by atoms with Crippen molar-refractivity contribution >= 4 is 90.1 Å². The molecule has 0 aliphatic carbocycles. The first-order valence-electron chi connectivity index (χ1n) is 23.3. The van der Waals surface area contributed by atoms with Crippen LogP contribution in [0.2, 0.25) is 10.0 Å². The Hall–Kier alpha value is -8.73. The number of carbonyl (C=O) groups is 2. The van der Waals surface area contributed by atoms with Crippen molar-refractivity contribution < 1.29 is 28.2 Å². The summed E-state index contributed by atoms with van der Waals surface area (Å²) in [5.41, 5.74) is 2.63. The van der Waals surface area contributed by atoms with E-state index in [4.69, 9.17) is 32.9 Å². The summed E-state index contributed by atoms with van der Waals surface area (Å²) in [6, 6.07) is 18.9. The van der Waals surface area contributed by atoms with E-state index in [0.29, 0.717) is 70.2 Å². The van der Waals surface area contributed by atoms with Crippen LogP contribution in [0.4, 0.5) is 20.4 Å². The van der Waals surface area contributed by atoms with E-state index in [-0.39, 0.29) is 117 Å². The Morgan fingerprint density at radius 1 is 0.811 bits per heavy atom. The number of anilines is 2. The van der Waals surface area contributed by atoms with Crippen LogP contribution < -0.4 is 14.5 Å². The molecule has 5 aromatic carbocycles. The van der Waals surface area contributed by atoms with Crippen molar-refractivity contribution in [3.8, 4) is 45.8 Å². The highest BCUT2D eigenvalue weighted by Crippen LogP contribution is 2.44. The summed E-state index contributed by atoms with van der Waals surface area (Å²) in [7, 11) is 0. The van der Waals surface area contributed by atoms with Crippen LogP contribution in [0.25, 0.3) is 65.7 Å². The average Bonchev–Trinajstić information content (AvgIpc) is 4.08. The Balaban J connectivity index is 0.819. The molecule has 0 radical (unpaired) electrons. The molecular formula is C53H41Cl2F2N13O4. The van der Waals surface area contributed by atoms with Crippen LogP contribution in [0.3, 0.4) is 0 Å². The molecule has 0 saturated carbocycles. The average molecular weight is 1030 g/mol. The molecule has 6 heterocycles. The third kappa shape index (κ3) is 8.46. The van der Waals surface area contributed by atoms with E-state index in [9.17, 15) is 20.0 Å². The fourth-order valence-corrected chi connectivity index (χ4v) is 10.4. The number of piperazine rings is 2. The molecule has 2 fully saturated rings. The van der Waals surface area contributed by atoms with Crippen molar-refractivity contribution in [3.63, 3.8) is 0 Å². The lowest BCUT2D eigenvalue weighted by Crippen LogP contribution is -2.49. The summed E-state index contributed by atoms with van der Waals surface area (Å²) in [6.45, 7) is 12.0. The van der Waals surface area contributed by atoms with Crippen molar-refractivity contribution in [2.75, 3.05) is 62.2 Å². The first-order chi connectivity index (χ1) is 35.8. The lowest BCUT2D eigenvalue weighted by atomic mass is 9.95. The summed E-state index contributed by atoms with van der Waals surface area (Å²) >= 11 is 13.8. The van der Waals surface area contributed by atoms with Gasteiger partial charge in [0, 0.05) is 90.8 Å². The standard InChI is InChI=1S/C53H41Cl2F2N13O4/c1-4-42(72)66-11-13-68(14-12-66)51-36-22-39(55)45(43-28(2)9-10-40-37(43)25-59-65-40)47(57)49(36)63-53(64-51)74-32-24-60-70(27-32)26-29(3)52(73)69-17-15-67(16-18-69)50-35-21-38(54)44(46(56)48(35)61-41(23-58)62-50)34-20-31(71)19-30-7-5-6-8-33(30)34/h4-10,19-22,24-25,27,71H,1,3,11-18,26H2,2H3,(H,59,65). The SMILES string of the molecule is C=CC(=O)N1CCN(c2nc(Oc3cnn(CC(=C)C(=O)N4CCN(c5nc(C#N)nc6c(F)c(-c7cc(O)cc8ccccc78)c(Cl)cc56)CC4)c3)nc3c(F)c(-c4c(C)ccc5[nH]ncc45)c(Cl)cc23)CC1. The number of benzene rings is 5. The third-order valence-electron chi connectivity index (χ3n) is 13.4. The van der Waals surface area contributed by atoms with Crippen molar-refractivity contribution in [1.29, 1.82) is 5.26 Å². The number of aromatic amines is 1. The number of aryl methyl sites for hydroxylation is 1. The number of ether oxygens (including phenoxy) is 1. The van der Waals surface area contributed by atoms with E-state index in [1.165, 1.54) is 23.0 Å². The molecule has 74 heavy (non-hydrogen) atoms. The number of aromatic nitrogens is 8. The molecule has 4 aromatic heterocycles. The molecule has 21 heteroatoms. The number of phenols is 1. The Labute approximate surface area is 430 Å². The minimum Gasteiger partial charge on any atom is -0.508 e. The lowest BCUT2D eigenvalue weighted by molar-refractivity contribution is -0.128. The number of phenolic OH excluding ortho intramolecular Hbond substituents is 1. The van der Waals surface area contributed by atoms with Gasteiger partial charge in [-0.2, -0.15) is 25.4 Å². The van der Waals surface area contributed by atoms with E-state index < -0.39 is 11.6 Å². The number of nitrogens with zero attached hydrogens (tertiary/aromatic N) is 12. The van der Waals surface area contributed by atoms with Crippen molar-refractivity contribution in [2.45, 2.75) is 13.5 Å². The summed E-state index contributed by atoms with van der Waals surface area (Å²) in [5.74, 6) is -1.46. The molecule has 11 rings (SSSR count). The smallest absolute Gasteiger partial charge is 0.324 e. The predicted octanol–water partition coefficient (Wildman–Crippen LogP) is 9.14. The van der Waals surface area contributed by atoms with Gasteiger partial charge in [0.05, 0.1) is 40.7 Å². The summed E-state index contributed by atoms with van der Waals surface area (Å²) in [5, 5.41) is 34.8. The van der Waals surface area contributed by atoms with E-state index in [0.717, 1.165) is 5.56 Å². The van der Waals surface area contributed by atoms with Crippen LogP contribution in [-0.4, -0.2) is 119 Å². The monoisotopic (exact) mass is 1030 g/mol. The van der Waals surface area contributed by atoms with Gasteiger partial charge in [-0.15, -0.1) is 0 Å². The predicted molar refractivity (Wildman–Crippen MR) is 277 cm³/mol. The molecule has 370 valence electrons. The molecule has 2 N–H and O–H groups in total. The van der Waals surface area contributed by atoms with Crippen LogP contribution in [0.1, 0.15) is 11.4 Å². The number of aromatic hydroxyl groups is 1. The van der Waals surface area contributed by atoms with Gasteiger partial charge >= 0.3 is 6.01 Å². The molecule has 0 atom stereocenters. The fraction of sp³-hybridized carbons (Fsp3) is 0.189. The molecule has 2 saturated heterocycles. The topological polar surface area (TPSA) is 198 Å². The number of carbonyl (C=O) groups excluding carboxylic acids is 2. The maximum atomic E-state index is 17.2. The quantitative estimate of drug-likeness (QED) is 0.123. The summed E-state index contributed by atoms with van der Waals surface area (Å²) < 4.78 is 41.5. The molecular weight excluding hydrogens is 992 g/mol. The zero-order valence-corrected chi connectivity index (χ0v) is 40.9. The second kappa shape index (κ2) is 19.0. The number of fused-ring (bicyclic) bond motifs is 4. The van der Waals surface area contributed by atoms with Crippen molar-refractivity contribution in [3.05, 3.63) is 137 Å². The zero-order valence-electron chi connectivity index (χ0n) is 39.4. The Bertz CT molecular complexity index is 3880. The number of halogens is 4. The van der Waals surface area contributed by atoms with Gasteiger partial charge in [-0.1, -0.05) is 66.7 Å². The largest absolute Gasteiger partial charge is 0.508 e. The van der Waals surface area contributed by atoms with Crippen molar-refractivity contribution in [1.82, 2.24) is 49.7 Å². The number of hydrogen-bond donors (Lipinski definition) is 2. The highest BCUT2D eigenvalue weighted by Gasteiger charge is 2.30. The molecule has 0 spiro atoms. The van der Waals surface area contributed by atoms with Crippen LogP contribution >= 0.6 is 23.2 Å². The maximum Gasteiger partial charge on any atom is 0.324 e. The fourth-order valence-electron chi connectivity index (χ4n) is 9.82. The second-order valence-corrected chi connectivity index (χ2v) is 18.7. The van der Waals surface area contributed by atoms with Gasteiger partial charge in [-0.25, -0.2) is 18.7 Å². The highest BCUT2D eigenvalue weighted by molar-refractivity contribution is 6.35. The lowest BCUT2D eigenvalue weighted by Gasteiger charge is -2.36. The van der Waals surface area contributed by atoms with Crippen molar-refractivity contribution in [2.24, 2.45) is 0 Å². The molecule has 9 aromatic rings. The van der Waals surface area contributed by atoms with Crippen LogP contribution in [0.5, 0.6) is 17.5 Å². The number of H-pyrrole nitrogens is 1. The molecule has 17 nitrogen and oxygen atoms in total. The number of nitrogens with one attached hydrogen (secondary N) is 1. The van der Waals surface area contributed by atoms with Gasteiger partial charge in [0.1, 0.15) is 34.5 Å². The first kappa shape index (κ1) is 47.6. The number of amides is 2. The van der Waals surface area contributed by atoms with E-state index in [1.54, 1.807) is 58.6 Å². The van der Waals surface area contributed by atoms with E-state index >= 15 is 8.78 Å². The van der Waals surface area contributed by atoms with Gasteiger partial charge in [0.25, 0.3) is 5.91 Å². The van der Waals surface area contributed by atoms with Gasteiger partial charge in [0.15, 0.2) is 17.4 Å². The number of nitriles is 1. The summed E-state index contributed by atoms with van der Waals surface area (Å²) in [6.07, 6.45) is 5.85. The Morgan fingerprint density at radius 3 is 2.19 bits per heavy atom. The molecule has 0 unspecified atom stereocenters. The molecule has 2 aliphatic heterocycles.